The molecule has 2 aliphatic rings. The van der Waals surface area contributed by atoms with Crippen LogP contribution in [0.25, 0.3) is 33.6 Å². The molecule has 1 aliphatic carbocycles. The summed E-state index contributed by atoms with van der Waals surface area (Å²) in [6.07, 6.45) is 12.0. The third-order valence-corrected chi connectivity index (χ3v) is 6.66. The van der Waals surface area contributed by atoms with Gasteiger partial charge in [0.25, 0.3) is 0 Å². The SMILES string of the molecule is Cn1cc(-c2cccc(-c3ncc(-c4cnn(C)c4)c(NC4CC5(CNC5)C4)n3)c2)cn1. The van der Waals surface area contributed by atoms with Crippen LogP contribution in [-0.2, 0) is 14.1 Å². The van der Waals surface area contributed by atoms with Gasteiger partial charge in [0.1, 0.15) is 5.82 Å². The van der Waals surface area contributed by atoms with Gasteiger partial charge in [-0.1, -0.05) is 18.2 Å². The maximum Gasteiger partial charge on any atom is 0.161 e. The number of rotatable bonds is 5. The molecule has 0 unspecified atom stereocenters. The van der Waals surface area contributed by atoms with Gasteiger partial charge in [-0.2, -0.15) is 10.2 Å². The summed E-state index contributed by atoms with van der Waals surface area (Å²) in [7, 11) is 3.85. The molecule has 3 aromatic heterocycles. The molecule has 0 amide bonds. The van der Waals surface area contributed by atoms with Gasteiger partial charge in [-0.25, -0.2) is 9.97 Å². The van der Waals surface area contributed by atoms with E-state index in [1.54, 1.807) is 0 Å². The van der Waals surface area contributed by atoms with Crippen molar-refractivity contribution in [3.63, 3.8) is 0 Å². The van der Waals surface area contributed by atoms with Gasteiger partial charge in [0.05, 0.1) is 12.4 Å². The Balaban J connectivity index is 1.35. The molecule has 0 bridgehead atoms. The predicted octanol–water partition coefficient (Wildman–Crippen LogP) is 3.11. The lowest BCUT2D eigenvalue weighted by Crippen LogP contribution is -2.63. The molecule has 32 heavy (non-hydrogen) atoms. The molecule has 8 nitrogen and oxygen atoms in total. The van der Waals surface area contributed by atoms with E-state index >= 15 is 0 Å². The number of aromatic nitrogens is 6. The Kier molecular flexibility index (Phi) is 4.36. The van der Waals surface area contributed by atoms with E-state index in [-0.39, 0.29) is 0 Å². The monoisotopic (exact) mass is 426 g/mol. The van der Waals surface area contributed by atoms with Crippen LogP contribution in [-0.4, -0.2) is 48.7 Å². The third-order valence-electron chi connectivity index (χ3n) is 6.66. The standard InChI is InChI=1S/C24H26N8/c1-31-12-18(9-27-31)16-4-3-5-17(6-16)22-26-11-21(19-10-28-32(2)13-19)23(30-22)29-20-7-24(8-20)14-25-15-24/h3-6,9-13,20,25H,7-8,14-15H2,1-2H3,(H,26,29,30). The number of nitrogens with zero attached hydrogens (tertiary/aromatic N) is 6. The van der Waals surface area contributed by atoms with E-state index in [4.69, 9.17) is 9.97 Å². The van der Waals surface area contributed by atoms with Gasteiger partial charge in [-0.15, -0.1) is 0 Å². The minimum atomic E-state index is 0.442. The molecule has 0 radical (unpaired) electrons. The molecule has 0 atom stereocenters. The van der Waals surface area contributed by atoms with Crippen molar-refractivity contribution in [3.05, 3.63) is 55.2 Å². The number of anilines is 1. The number of benzene rings is 1. The van der Waals surface area contributed by atoms with E-state index < -0.39 is 0 Å². The summed E-state index contributed by atoms with van der Waals surface area (Å²) in [4.78, 5) is 9.71. The molecule has 8 heteroatoms. The molecule has 1 aromatic carbocycles. The van der Waals surface area contributed by atoms with Crippen molar-refractivity contribution >= 4 is 5.82 Å². The first-order valence-electron chi connectivity index (χ1n) is 11.0. The van der Waals surface area contributed by atoms with Gasteiger partial charge in [0.2, 0.25) is 0 Å². The molecule has 1 aliphatic heterocycles. The van der Waals surface area contributed by atoms with E-state index in [2.05, 4.69) is 39.0 Å². The van der Waals surface area contributed by atoms with Crippen molar-refractivity contribution < 1.29 is 0 Å². The first kappa shape index (κ1) is 19.2. The van der Waals surface area contributed by atoms with Gasteiger partial charge >= 0.3 is 0 Å². The van der Waals surface area contributed by atoms with Gasteiger partial charge < -0.3 is 10.6 Å². The molecule has 162 valence electrons. The molecule has 4 heterocycles. The van der Waals surface area contributed by atoms with Gasteiger partial charge in [-0.3, -0.25) is 9.36 Å². The van der Waals surface area contributed by atoms with Crippen molar-refractivity contribution in [1.29, 1.82) is 0 Å². The summed E-state index contributed by atoms with van der Waals surface area (Å²) in [6, 6.07) is 8.75. The molecular weight excluding hydrogens is 400 g/mol. The summed E-state index contributed by atoms with van der Waals surface area (Å²) < 4.78 is 3.62. The predicted molar refractivity (Wildman–Crippen MR) is 124 cm³/mol. The topological polar surface area (TPSA) is 85.5 Å². The van der Waals surface area contributed by atoms with Crippen LogP contribution in [0.2, 0.25) is 0 Å². The maximum atomic E-state index is 4.99. The number of aryl methyl sites for hydroxylation is 2. The Morgan fingerprint density at radius 2 is 1.66 bits per heavy atom. The van der Waals surface area contributed by atoms with Crippen molar-refractivity contribution in [3.8, 4) is 33.6 Å². The smallest absolute Gasteiger partial charge is 0.161 e. The van der Waals surface area contributed by atoms with E-state index in [0.29, 0.717) is 17.3 Å². The fourth-order valence-electron chi connectivity index (χ4n) is 4.86. The first-order valence-corrected chi connectivity index (χ1v) is 11.0. The minimum absolute atomic E-state index is 0.442. The lowest BCUT2D eigenvalue weighted by molar-refractivity contribution is 0.0469. The minimum Gasteiger partial charge on any atom is -0.367 e. The zero-order valence-electron chi connectivity index (χ0n) is 18.3. The Hall–Kier alpha value is -3.52. The highest BCUT2D eigenvalue weighted by atomic mass is 15.2. The lowest BCUT2D eigenvalue weighted by atomic mass is 9.61. The number of hydrogen-bond donors (Lipinski definition) is 2. The van der Waals surface area contributed by atoms with Crippen LogP contribution < -0.4 is 10.6 Å². The van der Waals surface area contributed by atoms with Crippen LogP contribution in [0.4, 0.5) is 5.82 Å². The lowest BCUT2D eigenvalue weighted by Gasteiger charge is -2.54. The van der Waals surface area contributed by atoms with E-state index in [9.17, 15) is 0 Å². The molecule has 2 fully saturated rings. The van der Waals surface area contributed by atoms with E-state index in [1.165, 1.54) is 12.8 Å². The normalized spacial score (nSPS) is 17.2. The molecule has 4 aromatic rings. The van der Waals surface area contributed by atoms with Crippen LogP contribution >= 0.6 is 0 Å². The van der Waals surface area contributed by atoms with Crippen molar-refractivity contribution in [2.75, 3.05) is 18.4 Å². The summed E-state index contributed by atoms with van der Waals surface area (Å²) in [5.41, 5.74) is 5.67. The average Bonchev–Trinajstić information content (AvgIpc) is 3.37. The Morgan fingerprint density at radius 1 is 0.938 bits per heavy atom. The van der Waals surface area contributed by atoms with Crippen molar-refractivity contribution in [2.24, 2.45) is 19.5 Å². The fraction of sp³-hybridized carbons (Fsp3) is 0.333. The van der Waals surface area contributed by atoms with E-state index in [1.807, 2.05) is 60.5 Å². The summed E-state index contributed by atoms with van der Waals surface area (Å²) in [6.45, 7) is 2.27. The van der Waals surface area contributed by atoms with Gasteiger partial charge in [0, 0.05) is 74.1 Å². The average molecular weight is 427 g/mol. The maximum absolute atomic E-state index is 4.99. The van der Waals surface area contributed by atoms with Crippen LogP contribution in [0.5, 0.6) is 0 Å². The third kappa shape index (κ3) is 3.36. The van der Waals surface area contributed by atoms with Crippen LogP contribution in [0.3, 0.4) is 0 Å². The van der Waals surface area contributed by atoms with Crippen LogP contribution in [0.15, 0.2) is 55.2 Å². The largest absolute Gasteiger partial charge is 0.367 e. The first-order chi connectivity index (χ1) is 15.6. The van der Waals surface area contributed by atoms with Gasteiger partial charge in [-0.05, 0) is 29.9 Å². The zero-order chi connectivity index (χ0) is 21.7. The molecule has 2 N–H and O–H groups in total. The summed E-state index contributed by atoms with van der Waals surface area (Å²) in [5, 5.41) is 15.7. The van der Waals surface area contributed by atoms with E-state index in [0.717, 1.165) is 46.7 Å². The second kappa shape index (κ2) is 7.27. The highest BCUT2D eigenvalue weighted by molar-refractivity contribution is 5.77. The van der Waals surface area contributed by atoms with Crippen molar-refractivity contribution in [1.82, 2.24) is 34.8 Å². The second-order valence-electron chi connectivity index (χ2n) is 9.20. The molecule has 1 saturated carbocycles. The van der Waals surface area contributed by atoms with Gasteiger partial charge in [0.15, 0.2) is 5.82 Å². The quantitative estimate of drug-likeness (QED) is 0.510. The Bertz CT molecular complexity index is 1270. The molecule has 1 saturated heterocycles. The summed E-state index contributed by atoms with van der Waals surface area (Å²) in [5.74, 6) is 1.59. The van der Waals surface area contributed by atoms with Crippen LogP contribution in [0.1, 0.15) is 12.8 Å². The summed E-state index contributed by atoms with van der Waals surface area (Å²) >= 11 is 0. The zero-order valence-corrected chi connectivity index (χ0v) is 18.3. The Morgan fingerprint density at radius 3 is 2.31 bits per heavy atom. The van der Waals surface area contributed by atoms with Crippen molar-refractivity contribution in [2.45, 2.75) is 18.9 Å². The second-order valence-corrected chi connectivity index (χ2v) is 9.20. The molecule has 1 spiro atoms. The highest BCUT2D eigenvalue weighted by Crippen LogP contribution is 2.45. The number of nitrogens with one attached hydrogen (secondary N) is 2. The number of hydrogen-bond acceptors (Lipinski definition) is 6. The Labute approximate surface area is 186 Å². The molecule has 6 rings (SSSR count). The van der Waals surface area contributed by atoms with Crippen LogP contribution in [0, 0.1) is 5.41 Å². The molecular formula is C24H26N8. The fourth-order valence-corrected chi connectivity index (χ4v) is 4.86. The highest BCUT2D eigenvalue weighted by Gasteiger charge is 2.48.